The van der Waals surface area contributed by atoms with Gasteiger partial charge >= 0.3 is 0 Å². The molecule has 0 radical (unpaired) electrons. The van der Waals surface area contributed by atoms with Crippen molar-refractivity contribution >= 4 is 6.29 Å². The van der Waals surface area contributed by atoms with E-state index in [2.05, 4.69) is 4.98 Å². The molecule has 0 unspecified atom stereocenters. The predicted octanol–water partition coefficient (Wildman–Crippen LogP) is 3.66. The number of benzene rings is 1. The van der Waals surface area contributed by atoms with Gasteiger partial charge in [0.1, 0.15) is 5.75 Å². The van der Waals surface area contributed by atoms with E-state index in [-0.39, 0.29) is 6.10 Å². The van der Waals surface area contributed by atoms with Gasteiger partial charge < -0.3 is 4.74 Å². The summed E-state index contributed by atoms with van der Waals surface area (Å²) in [5.74, 6) is 0.714. The van der Waals surface area contributed by atoms with Crippen LogP contribution in [0.25, 0.3) is 11.1 Å². The highest BCUT2D eigenvalue weighted by atomic mass is 16.5. The first-order valence-corrected chi connectivity index (χ1v) is 6.28. The molecule has 19 heavy (non-hydrogen) atoms. The molecule has 0 N–H and O–H groups in total. The Morgan fingerprint density at radius 2 is 2.00 bits per heavy atom. The first-order valence-electron chi connectivity index (χ1n) is 6.28. The van der Waals surface area contributed by atoms with Gasteiger partial charge in [0, 0.05) is 17.3 Å². The second-order valence-corrected chi connectivity index (χ2v) is 4.78. The van der Waals surface area contributed by atoms with Gasteiger partial charge in [0.05, 0.1) is 12.3 Å². The molecule has 1 aromatic carbocycles. The lowest BCUT2D eigenvalue weighted by atomic mass is 9.99. The lowest BCUT2D eigenvalue weighted by molar-refractivity contribution is 0.112. The van der Waals surface area contributed by atoms with E-state index in [1.54, 1.807) is 12.4 Å². The summed E-state index contributed by atoms with van der Waals surface area (Å²) in [6.45, 7) is 5.94. The van der Waals surface area contributed by atoms with Crippen LogP contribution in [0.4, 0.5) is 0 Å². The van der Waals surface area contributed by atoms with Crippen molar-refractivity contribution in [1.29, 1.82) is 0 Å². The van der Waals surface area contributed by atoms with Crippen LogP contribution in [0.2, 0.25) is 0 Å². The van der Waals surface area contributed by atoms with Crippen LogP contribution in [0.1, 0.15) is 29.8 Å². The standard InChI is InChI=1S/C16H17NO2/c1-11(2)19-15-7-14(8-17-9-15)16-6-12(3)4-5-13(16)10-18/h4-11H,1-3H3. The Bertz CT molecular complexity index is 591. The third-order valence-corrected chi connectivity index (χ3v) is 2.73. The fourth-order valence-corrected chi connectivity index (χ4v) is 1.93. The number of ether oxygens (including phenoxy) is 1. The fraction of sp³-hybridized carbons (Fsp3) is 0.250. The van der Waals surface area contributed by atoms with Gasteiger partial charge in [-0.1, -0.05) is 23.8 Å². The number of aldehydes is 1. The van der Waals surface area contributed by atoms with Crippen LogP contribution in [0.15, 0.2) is 36.7 Å². The summed E-state index contributed by atoms with van der Waals surface area (Å²) in [4.78, 5) is 15.3. The summed E-state index contributed by atoms with van der Waals surface area (Å²) < 4.78 is 5.63. The van der Waals surface area contributed by atoms with Crippen LogP contribution in [-0.4, -0.2) is 17.4 Å². The summed E-state index contributed by atoms with van der Waals surface area (Å²) in [6, 6.07) is 7.65. The summed E-state index contributed by atoms with van der Waals surface area (Å²) in [5.41, 5.74) is 3.55. The Hall–Kier alpha value is -2.16. The quantitative estimate of drug-likeness (QED) is 0.783. The Morgan fingerprint density at radius 1 is 1.21 bits per heavy atom. The largest absolute Gasteiger partial charge is 0.489 e. The monoisotopic (exact) mass is 255 g/mol. The molecule has 3 nitrogen and oxygen atoms in total. The highest BCUT2D eigenvalue weighted by molar-refractivity contribution is 5.87. The van der Waals surface area contributed by atoms with Crippen molar-refractivity contribution in [1.82, 2.24) is 4.98 Å². The van der Waals surface area contributed by atoms with Gasteiger partial charge in [-0.15, -0.1) is 0 Å². The van der Waals surface area contributed by atoms with Crippen molar-refractivity contribution < 1.29 is 9.53 Å². The van der Waals surface area contributed by atoms with Crippen molar-refractivity contribution in [2.45, 2.75) is 26.9 Å². The molecule has 1 heterocycles. The minimum atomic E-state index is 0.0973. The van der Waals surface area contributed by atoms with E-state index < -0.39 is 0 Å². The van der Waals surface area contributed by atoms with Crippen LogP contribution in [0, 0.1) is 6.92 Å². The number of aryl methyl sites for hydroxylation is 1. The summed E-state index contributed by atoms with van der Waals surface area (Å²) in [7, 11) is 0. The number of rotatable bonds is 4. The van der Waals surface area contributed by atoms with Gasteiger partial charge in [0.2, 0.25) is 0 Å². The number of aromatic nitrogens is 1. The van der Waals surface area contributed by atoms with Crippen LogP contribution in [0.5, 0.6) is 5.75 Å². The molecule has 0 fully saturated rings. The number of nitrogens with zero attached hydrogens (tertiary/aromatic N) is 1. The molecule has 0 aliphatic rings. The molecule has 0 aliphatic heterocycles. The maximum Gasteiger partial charge on any atom is 0.150 e. The van der Waals surface area contributed by atoms with E-state index in [1.807, 2.05) is 45.0 Å². The molecule has 98 valence electrons. The van der Waals surface area contributed by atoms with Crippen molar-refractivity contribution in [3.05, 3.63) is 47.8 Å². The molecule has 0 saturated carbocycles. The van der Waals surface area contributed by atoms with Crippen molar-refractivity contribution in [2.24, 2.45) is 0 Å². The average Bonchev–Trinajstić information content (AvgIpc) is 2.38. The minimum absolute atomic E-state index is 0.0973. The zero-order valence-electron chi connectivity index (χ0n) is 11.4. The van der Waals surface area contributed by atoms with E-state index in [9.17, 15) is 4.79 Å². The molecule has 0 saturated heterocycles. The van der Waals surface area contributed by atoms with Crippen LogP contribution in [0.3, 0.4) is 0 Å². The topological polar surface area (TPSA) is 39.2 Å². The maximum atomic E-state index is 11.1. The third-order valence-electron chi connectivity index (χ3n) is 2.73. The van der Waals surface area contributed by atoms with Gasteiger partial charge in [-0.3, -0.25) is 9.78 Å². The smallest absolute Gasteiger partial charge is 0.150 e. The Labute approximate surface area is 113 Å². The molecule has 0 atom stereocenters. The second kappa shape index (κ2) is 5.65. The highest BCUT2D eigenvalue weighted by Crippen LogP contribution is 2.26. The molecule has 0 bridgehead atoms. The van der Waals surface area contributed by atoms with Crippen molar-refractivity contribution in [2.75, 3.05) is 0 Å². The summed E-state index contributed by atoms with van der Waals surface area (Å²) in [6.07, 6.45) is 4.39. The maximum absolute atomic E-state index is 11.1. The van der Waals surface area contributed by atoms with E-state index in [0.717, 1.165) is 23.0 Å². The number of hydrogen-bond donors (Lipinski definition) is 0. The normalized spacial score (nSPS) is 10.5. The number of hydrogen-bond acceptors (Lipinski definition) is 3. The molecule has 0 aliphatic carbocycles. The number of pyridine rings is 1. The first-order chi connectivity index (χ1) is 9.10. The second-order valence-electron chi connectivity index (χ2n) is 4.78. The summed E-state index contributed by atoms with van der Waals surface area (Å²) in [5, 5.41) is 0. The molecule has 0 spiro atoms. The number of carbonyl (C=O) groups excluding carboxylic acids is 1. The van der Waals surface area contributed by atoms with E-state index >= 15 is 0 Å². The van der Waals surface area contributed by atoms with E-state index in [1.165, 1.54) is 0 Å². The van der Waals surface area contributed by atoms with Gasteiger partial charge in [-0.05, 0) is 32.4 Å². The SMILES string of the molecule is Cc1ccc(C=O)c(-c2cncc(OC(C)C)c2)c1. The van der Waals surface area contributed by atoms with Gasteiger partial charge in [0.15, 0.2) is 6.29 Å². The number of carbonyl (C=O) groups is 1. The van der Waals surface area contributed by atoms with E-state index in [4.69, 9.17) is 4.74 Å². The fourth-order valence-electron chi connectivity index (χ4n) is 1.93. The molecule has 0 amide bonds. The highest BCUT2D eigenvalue weighted by Gasteiger charge is 2.07. The first kappa shape index (κ1) is 13.3. The van der Waals surface area contributed by atoms with Crippen LogP contribution in [-0.2, 0) is 0 Å². The molecular weight excluding hydrogens is 238 g/mol. The Balaban J connectivity index is 2.46. The van der Waals surface area contributed by atoms with Gasteiger partial charge in [-0.2, -0.15) is 0 Å². The van der Waals surface area contributed by atoms with Crippen LogP contribution < -0.4 is 4.74 Å². The summed E-state index contributed by atoms with van der Waals surface area (Å²) >= 11 is 0. The van der Waals surface area contributed by atoms with Crippen molar-refractivity contribution in [3.63, 3.8) is 0 Å². The molecule has 3 heteroatoms. The molecule has 2 rings (SSSR count). The van der Waals surface area contributed by atoms with Gasteiger partial charge in [-0.25, -0.2) is 0 Å². The lowest BCUT2D eigenvalue weighted by Crippen LogP contribution is -2.05. The third kappa shape index (κ3) is 3.19. The molecule has 1 aromatic heterocycles. The average molecular weight is 255 g/mol. The van der Waals surface area contributed by atoms with Crippen LogP contribution >= 0.6 is 0 Å². The Morgan fingerprint density at radius 3 is 2.68 bits per heavy atom. The molecular formula is C16H17NO2. The minimum Gasteiger partial charge on any atom is -0.489 e. The Kier molecular flexibility index (Phi) is 3.95. The van der Waals surface area contributed by atoms with Crippen molar-refractivity contribution in [3.8, 4) is 16.9 Å². The predicted molar refractivity (Wildman–Crippen MR) is 75.6 cm³/mol. The zero-order valence-corrected chi connectivity index (χ0v) is 11.4. The van der Waals surface area contributed by atoms with Gasteiger partial charge in [0.25, 0.3) is 0 Å². The lowest BCUT2D eigenvalue weighted by Gasteiger charge is -2.11. The van der Waals surface area contributed by atoms with E-state index in [0.29, 0.717) is 11.3 Å². The molecule has 2 aromatic rings. The zero-order chi connectivity index (χ0) is 13.8.